The van der Waals surface area contributed by atoms with E-state index in [1.807, 2.05) is 19.1 Å². The van der Waals surface area contributed by atoms with E-state index >= 15 is 0 Å². The second-order valence-electron chi connectivity index (χ2n) is 3.00. The summed E-state index contributed by atoms with van der Waals surface area (Å²) in [4.78, 5) is 21.6. The Morgan fingerprint density at radius 3 is 2.93 bits per heavy atom. The van der Waals surface area contributed by atoms with Crippen LogP contribution < -0.4 is 5.56 Å². The van der Waals surface area contributed by atoms with Crippen molar-refractivity contribution in [1.82, 2.24) is 15.0 Å². The van der Waals surface area contributed by atoms with Gasteiger partial charge in [-0.15, -0.1) is 0 Å². The standard InChI is InChI=1S/C10H9N3O/c1-7-4-8(2-3-12-7)9-5-11-6-10(14)13-9/h2-6H,1H3,(H,13,14). The van der Waals surface area contributed by atoms with Crippen LogP contribution in [0, 0.1) is 6.92 Å². The molecule has 0 atom stereocenters. The molecule has 0 radical (unpaired) electrons. The predicted octanol–water partition coefficient (Wildman–Crippen LogP) is 1.14. The van der Waals surface area contributed by atoms with Gasteiger partial charge in [0.15, 0.2) is 0 Å². The van der Waals surface area contributed by atoms with E-state index in [-0.39, 0.29) is 5.56 Å². The maximum Gasteiger partial charge on any atom is 0.266 e. The van der Waals surface area contributed by atoms with Gasteiger partial charge in [0, 0.05) is 17.5 Å². The molecule has 4 nitrogen and oxygen atoms in total. The van der Waals surface area contributed by atoms with Gasteiger partial charge in [0.05, 0.1) is 18.1 Å². The fraction of sp³-hybridized carbons (Fsp3) is 0.100. The molecule has 0 unspecified atom stereocenters. The zero-order chi connectivity index (χ0) is 9.97. The van der Waals surface area contributed by atoms with Crippen LogP contribution >= 0.6 is 0 Å². The second-order valence-corrected chi connectivity index (χ2v) is 3.00. The Bertz CT molecular complexity index is 504. The van der Waals surface area contributed by atoms with Crippen molar-refractivity contribution in [3.05, 3.63) is 46.8 Å². The molecule has 0 saturated heterocycles. The molecule has 0 aliphatic carbocycles. The van der Waals surface area contributed by atoms with Crippen molar-refractivity contribution in [2.24, 2.45) is 0 Å². The Balaban J connectivity index is 2.55. The zero-order valence-corrected chi connectivity index (χ0v) is 7.69. The average Bonchev–Trinajstić information content (AvgIpc) is 2.18. The Labute approximate surface area is 80.7 Å². The van der Waals surface area contributed by atoms with Gasteiger partial charge in [-0.25, -0.2) is 0 Å². The van der Waals surface area contributed by atoms with Crippen molar-refractivity contribution in [1.29, 1.82) is 0 Å². The lowest BCUT2D eigenvalue weighted by molar-refractivity contribution is 1.13. The van der Waals surface area contributed by atoms with Crippen LogP contribution in [0.5, 0.6) is 0 Å². The molecule has 2 heterocycles. The summed E-state index contributed by atoms with van der Waals surface area (Å²) < 4.78 is 0. The summed E-state index contributed by atoms with van der Waals surface area (Å²) in [5.41, 5.74) is 2.34. The van der Waals surface area contributed by atoms with Gasteiger partial charge in [-0.1, -0.05) is 0 Å². The fourth-order valence-electron chi connectivity index (χ4n) is 1.24. The minimum atomic E-state index is -0.197. The number of pyridine rings is 1. The van der Waals surface area contributed by atoms with Crippen LogP contribution in [0.25, 0.3) is 11.3 Å². The van der Waals surface area contributed by atoms with Gasteiger partial charge in [0.2, 0.25) is 0 Å². The Morgan fingerprint density at radius 1 is 1.36 bits per heavy atom. The molecule has 0 spiro atoms. The highest BCUT2D eigenvalue weighted by atomic mass is 16.1. The minimum absolute atomic E-state index is 0.197. The van der Waals surface area contributed by atoms with Crippen molar-refractivity contribution in [3.8, 4) is 11.3 Å². The molecule has 4 heteroatoms. The summed E-state index contributed by atoms with van der Waals surface area (Å²) in [6.45, 7) is 1.90. The lowest BCUT2D eigenvalue weighted by atomic mass is 10.2. The van der Waals surface area contributed by atoms with Gasteiger partial charge in [0.1, 0.15) is 0 Å². The molecular weight excluding hydrogens is 178 g/mol. The van der Waals surface area contributed by atoms with E-state index in [0.29, 0.717) is 5.69 Å². The van der Waals surface area contributed by atoms with Crippen LogP contribution in [0.1, 0.15) is 5.69 Å². The number of hydrogen-bond acceptors (Lipinski definition) is 3. The van der Waals surface area contributed by atoms with E-state index in [1.165, 1.54) is 6.20 Å². The van der Waals surface area contributed by atoms with Crippen LogP contribution in [0.2, 0.25) is 0 Å². The molecule has 2 aromatic rings. The van der Waals surface area contributed by atoms with Crippen LogP contribution in [-0.4, -0.2) is 15.0 Å². The molecule has 0 fully saturated rings. The summed E-state index contributed by atoms with van der Waals surface area (Å²) in [5.74, 6) is 0. The van der Waals surface area contributed by atoms with E-state index in [4.69, 9.17) is 0 Å². The SMILES string of the molecule is Cc1cc(-c2cncc(=O)[nH]2)ccn1. The number of nitrogens with one attached hydrogen (secondary N) is 1. The summed E-state index contributed by atoms with van der Waals surface area (Å²) >= 11 is 0. The van der Waals surface area contributed by atoms with E-state index in [1.54, 1.807) is 12.4 Å². The Hall–Kier alpha value is -1.97. The van der Waals surface area contributed by atoms with Crippen LogP contribution in [0.3, 0.4) is 0 Å². The van der Waals surface area contributed by atoms with Gasteiger partial charge in [0.25, 0.3) is 5.56 Å². The number of H-pyrrole nitrogens is 1. The summed E-state index contributed by atoms with van der Waals surface area (Å²) in [7, 11) is 0. The maximum atomic E-state index is 11.0. The molecule has 14 heavy (non-hydrogen) atoms. The van der Waals surface area contributed by atoms with Gasteiger partial charge < -0.3 is 4.98 Å². The van der Waals surface area contributed by atoms with Gasteiger partial charge in [-0.05, 0) is 19.1 Å². The molecule has 0 aliphatic rings. The third-order valence-electron chi connectivity index (χ3n) is 1.86. The molecule has 70 valence electrons. The monoisotopic (exact) mass is 187 g/mol. The smallest absolute Gasteiger partial charge is 0.266 e. The first kappa shape index (κ1) is 8.62. The van der Waals surface area contributed by atoms with E-state index in [0.717, 1.165) is 11.3 Å². The van der Waals surface area contributed by atoms with Gasteiger partial charge in [-0.3, -0.25) is 14.8 Å². The lowest BCUT2D eigenvalue weighted by Crippen LogP contribution is -2.05. The molecule has 0 bridgehead atoms. The first-order valence-electron chi connectivity index (χ1n) is 4.23. The topological polar surface area (TPSA) is 58.6 Å². The number of aromatic amines is 1. The van der Waals surface area contributed by atoms with Crippen molar-refractivity contribution < 1.29 is 0 Å². The molecule has 2 rings (SSSR count). The lowest BCUT2D eigenvalue weighted by Gasteiger charge is -2.00. The van der Waals surface area contributed by atoms with Crippen LogP contribution in [0.15, 0.2) is 35.5 Å². The summed E-state index contributed by atoms with van der Waals surface area (Å²) in [6, 6.07) is 3.73. The van der Waals surface area contributed by atoms with Crippen LogP contribution in [-0.2, 0) is 0 Å². The maximum absolute atomic E-state index is 11.0. The van der Waals surface area contributed by atoms with Crippen molar-refractivity contribution in [3.63, 3.8) is 0 Å². The van der Waals surface area contributed by atoms with E-state index in [9.17, 15) is 4.79 Å². The van der Waals surface area contributed by atoms with Crippen molar-refractivity contribution in [2.45, 2.75) is 6.92 Å². The molecule has 0 amide bonds. The van der Waals surface area contributed by atoms with E-state index < -0.39 is 0 Å². The highest BCUT2D eigenvalue weighted by Gasteiger charge is 1.98. The van der Waals surface area contributed by atoms with Crippen LogP contribution in [0.4, 0.5) is 0 Å². The second kappa shape index (κ2) is 3.41. The number of aromatic nitrogens is 3. The molecule has 0 saturated carbocycles. The third-order valence-corrected chi connectivity index (χ3v) is 1.86. The number of rotatable bonds is 1. The van der Waals surface area contributed by atoms with E-state index in [2.05, 4.69) is 15.0 Å². The van der Waals surface area contributed by atoms with Crippen molar-refractivity contribution >= 4 is 0 Å². The number of aryl methyl sites for hydroxylation is 1. The highest BCUT2D eigenvalue weighted by Crippen LogP contribution is 2.13. The summed E-state index contributed by atoms with van der Waals surface area (Å²) in [5, 5.41) is 0. The predicted molar refractivity (Wildman–Crippen MR) is 52.8 cm³/mol. The fourth-order valence-corrected chi connectivity index (χ4v) is 1.24. The highest BCUT2D eigenvalue weighted by molar-refractivity contribution is 5.57. The largest absolute Gasteiger partial charge is 0.319 e. The third kappa shape index (κ3) is 1.69. The number of nitrogens with zero attached hydrogens (tertiary/aromatic N) is 2. The molecule has 2 aromatic heterocycles. The zero-order valence-electron chi connectivity index (χ0n) is 7.69. The first-order valence-corrected chi connectivity index (χ1v) is 4.23. The van der Waals surface area contributed by atoms with Gasteiger partial charge in [-0.2, -0.15) is 0 Å². The average molecular weight is 187 g/mol. The Kier molecular flexibility index (Phi) is 2.10. The van der Waals surface area contributed by atoms with Crippen molar-refractivity contribution in [2.75, 3.05) is 0 Å². The van der Waals surface area contributed by atoms with Gasteiger partial charge >= 0.3 is 0 Å². The molecule has 0 aliphatic heterocycles. The summed E-state index contributed by atoms with van der Waals surface area (Å²) in [6.07, 6.45) is 4.57. The number of hydrogen-bond donors (Lipinski definition) is 1. The first-order chi connectivity index (χ1) is 6.75. The molecule has 1 N–H and O–H groups in total. The molecule has 0 aromatic carbocycles. The normalized spacial score (nSPS) is 10.1. The quantitative estimate of drug-likeness (QED) is 0.728. The molecular formula is C10H9N3O. The Morgan fingerprint density at radius 2 is 2.21 bits per heavy atom. The minimum Gasteiger partial charge on any atom is -0.319 e.